The molecule has 0 heterocycles. The van der Waals surface area contributed by atoms with Crippen LogP contribution in [0.15, 0.2) is 30.3 Å². The monoisotopic (exact) mass is 273 g/mol. The van der Waals surface area contributed by atoms with Crippen molar-refractivity contribution < 1.29 is 0 Å². The zero-order chi connectivity index (χ0) is 15.2. The van der Waals surface area contributed by atoms with Gasteiger partial charge in [-0.15, -0.1) is 0 Å². The second kappa shape index (κ2) is 7.42. The van der Waals surface area contributed by atoms with E-state index in [0.29, 0.717) is 12.0 Å². The maximum Gasteiger partial charge on any atom is 0.133 e. The third kappa shape index (κ3) is 3.82. The number of hydrogen-bond donors (Lipinski definition) is 1. The maximum atomic E-state index is 9.66. The molecular formula is C17H27N3. The van der Waals surface area contributed by atoms with Crippen LogP contribution in [-0.4, -0.2) is 31.6 Å². The Morgan fingerprint density at radius 1 is 1.25 bits per heavy atom. The first kappa shape index (κ1) is 16.7. The minimum absolute atomic E-state index is 0.513. The van der Waals surface area contributed by atoms with Crippen molar-refractivity contribution >= 4 is 0 Å². The van der Waals surface area contributed by atoms with Crippen LogP contribution < -0.4 is 5.32 Å². The third-order valence-corrected chi connectivity index (χ3v) is 4.38. The van der Waals surface area contributed by atoms with Crippen LogP contribution in [0, 0.1) is 17.2 Å². The Kier molecular flexibility index (Phi) is 6.19. The number of nitrogens with zero attached hydrogens (tertiary/aromatic N) is 2. The number of hydrogen-bond acceptors (Lipinski definition) is 3. The first-order chi connectivity index (χ1) is 9.46. The van der Waals surface area contributed by atoms with Crippen molar-refractivity contribution in [2.75, 3.05) is 20.6 Å². The molecule has 0 spiro atoms. The highest BCUT2D eigenvalue weighted by atomic mass is 15.1. The second-order valence-electron chi connectivity index (χ2n) is 5.85. The summed E-state index contributed by atoms with van der Waals surface area (Å²) in [7, 11) is 4.00. The first-order valence-electron chi connectivity index (χ1n) is 7.32. The quantitative estimate of drug-likeness (QED) is 0.830. The summed E-state index contributed by atoms with van der Waals surface area (Å²) in [6.45, 7) is 7.59. The predicted octanol–water partition coefficient (Wildman–Crippen LogP) is 2.99. The molecule has 0 aliphatic heterocycles. The van der Waals surface area contributed by atoms with Crippen molar-refractivity contribution in [3.05, 3.63) is 35.9 Å². The summed E-state index contributed by atoms with van der Waals surface area (Å²) in [6, 6.07) is 13.0. The number of benzene rings is 1. The van der Waals surface area contributed by atoms with Crippen LogP contribution >= 0.6 is 0 Å². The van der Waals surface area contributed by atoms with Gasteiger partial charge in [0.05, 0.1) is 6.07 Å². The molecule has 1 aromatic rings. The van der Waals surface area contributed by atoms with E-state index in [1.54, 1.807) is 0 Å². The van der Waals surface area contributed by atoms with Crippen molar-refractivity contribution in [1.82, 2.24) is 10.2 Å². The lowest BCUT2D eigenvalue weighted by molar-refractivity contribution is 0.190. The molecule has 2 atom stereocenters. The lowest BCUT2D eigenvalue weighted by Crippen LogP contribution is -2.43. The number of nitrogens with one attached hydrogen (secondary N) is 1. The van der Waals surface area contributed by atoms with E-state index >= 15 is 0 Å². The van der Waals surface area contributed by atoms with E-state index in [1.165, 1.54) is 0 Å². The van der Waals surface area contributed by atoms with Gasteiger partial charge in [-0.3, -0.25) is 5.32 Å². The summed E-state index contributed by atoms with van der Waals surface area (Å²) in [5.41, 5.74) is 0.433. The van der Waals surface area contributed by atoms with E-state index in [1.807, 2.05) is 37.4 Å². The van der Waals surface area contributed by atoms with Gasteiger partial charge in [0, 0.05) is 12.6 Å². The van der Waals surface area contributed by atoms with Crippen LogP contribution in [0.3, 0.4) is 0 Å². The molecule has 0 bridgehead atoms. The Morgan fingerprint density at radius 2 is 1.85 bits per heavy atom. The van der Waals surface area contributed by atoms with Crippen molar-refractivity contribution in [2.45, 2.75) is 38.8 Å². The van der Waals surface area contributed by atoms with E-state index < -0.39 is 5.54 Å². The zero-order valence-electron chi connectivity index (χ0n) is 13.4. The minimum Gasteiger partial charge on any atom is -0.303 e. The van der Waals surface area contributed by atoms with E-state index in [0.717, 1.165) is 18.5 Å². The fourth-order valence-electron chi connectivity index (χ4n) is 2.37. The highest BCUT2D eigenvalue weighted by Gasteiger charge is 2.30. The molecule has 20 heavy (non-hydrogen) atoms. The van der Waals surface area contributed by atoms with E-state index in [9.17, 15) is 5.26 Å². The molecule has 110 valence electrons. The molecule has 1 aromatic carbocycles. The van der Waals surface area contributed by atoms with E-state index in [4.69, 9.17) is 0 Å². The first-order valence-corrected chi connectivity index (χ1v) is 7.32. The van der Waals surface area contributed by atoms with Crippen molar-refractivity contribution in [3.63, 3.8) is 0 Å². The van der Waals surface area contributed by atoms with Gasteiger partial charge in [0.15, 0.2) is 0 Å². The number of rotatable bonds is 7. The number of nitriles is 1. The zero-order valence-corrected chi connectivity index (χ0v) is 13.4. The van der Waals surface area contributed by atoms with Crippen LogP contribution in [0.4, 0.5) is 0 Å². The average molecular weight is 273 g/mol. The van der Waals surface area contributed by atoms with Gasteiger partial charge < -0.3 is 4.90 Å². The largest absolute Gasteiger partial charge is 0.303 e. The average Bonchev–Trinajstić information content (AvgIpc) is 2.48. The highest BCUT2D eigenvalue weighted by Crippen LogP contribution is 2.24. The maximum absolute atomic E-state index is 9.66. The smallest absolute Gasteiger partial charge is 0.133 e. The fourth-order valence-corrected chi connectivity index (χ4v) is 2.37. The molecule has 0 fully saturated rings. The standard InChI is InChI=1S/C17H27N3/c1-14(2)15(3)20(5)12-11-17(13-18,19-4)16-9-7-6-8-10-16/h6-10,14-15,19H,11-12H2,1-5H3. The molecule has 3 nitrogen and oxygen atoms in total. The molecule has 0 saturated carbocycles. The SMILES string of the molecule is CNC(C#N)(CCN(C)C(C)C(C)C)c1ccccc1. The lowest BCUT2D eigenvalue weighted by atomic mass is 9.87. The molecule has 3 heteroatoms. The summed E-state index contributed by atoms with van der Waals surface area (Å²) in [6.07, 6.45) is 0.775. The third-order valence-electron chi connectivity index (χ3n) is 4.38. The normalized spacial score (nSPS) is 15.9. The molecule has 1 N–H and O–H groups in total. The Balaban J connectivity index is 2.82. The van der Waals surface area contributed by atoms with Gasteiger partial charge in [0.25, 0.3) is 0 Å². The molecule has 0 aliphatic carbocycles. The molecule has 0 saturated heterocycles. The van der Waals surface area contributed by atoms with Gasteiger partial charge >= 0.3 is 0 Å². The van der Waals surface area contributed by atoms with E-state index in [-0.39, 0.29) is 0 Å². The molecule has 2 unspecified atom stereocenters. The van der Waals surface area contributed by atoms with Crippen LogP contribution in [0.1, 0.15) is 32.8 Å². The van der Waals surface area contributed by atoms with Crippen LogP contribution in [0.5, 0.6) is 0 Å². The molecule has 0 aliphatic rings. The second-order valence-corrected chi connectivity index (χ2v) is 5.85. The molecule has 0 aromatic heterocycles. The highest BCUT2D eigenvalue weighted by molar-refractivity contribution is 5.31. The topological polar surface area (TPSA) is 39.1 Å². The van der Waals surface area contributed by atoms with Gasteiger partial charge in [0.2, 0.25) is 0 Å². The minimum atomic E-state index is -0.605. The van der Waals surface area contributed by atoms with E-state index in [2.05, 4.69) is 44.1 Å². The predicted molar refractivity (Wildman–Crippen MR) is 84.3 cm³/mol. The van der Waals surface area contributed by atoms with Crippen LogP contribution in [0.2, 0.25) is 0 Å². The summed E-state index contributed by atoms with van der Waals surface area (Å²) >= 11 is 0. The van der Waals surface area contributed by atoms with Gasteiger partial charge in [0.1, 0.15) is 5.54 Å². The summed E-state index contributed by atoms with van der Waals surface area (Å²) < 4.78 is 0. The van der Waals surface area contributed by atoms with Gasteiger partial charge in [-0.05, 0) is 38.9 Å². The van der Waals surface area contributed by atoms with Gasteiger partial charge in [-0.25, -0.2) is 0 Å². The molecule has 0 radical (unpaired) electrons. The molecule has 0 amide bonds. The van der Waals surface area contributed by atoms with Crippen molar-refractivity contribution in [2.24, 2.45) is 5.92 Å². The van der Waals surface area contributed by atoms with Crippen molar-refractivity contribution in [1.29, 1.82) is 5.26 Å². The summed E-state index contributed by atoms with van der Waals surface area (Å²) in [4.78, 5) is 2.33. The van der Waals surface area contributed by atoms with Crippen LogP contribution in [-0.2, 0) is 5.54 Å². The Bertz CT molecular complexity index is 435. The van der Waals surface area contributed by atoms with Gasteiger partial charge in [-0.2, -0.15) is 5.26 Å². The molecule has 1 rings (SSSR count). The fraction of sp³-hybridized carbons (Fsp3) is 0.588. The Hall–Kier alpha value is -1.37. The van der Waals surface area contributed by atoms with Crippen LogP contribution in [0.25, 0.3) is 0 Å². The van der Waals surface area contributed by atoms with Gasteiger partial charge in [-0.1, -0.05) is 44.2 Å². The summed E-state index contributed by atoms with van der Waals surface area (Å²) in [5, 5.41) is 12.9. The van der Waals surface area contributed by atoms with Crippen molar-refractivity contribution in [3.8, 4) is 6.07 Å². The lowest BCUT2D eigenvalue weighted by Gasteiger charge is -2.32. The Morgan fingerprint density at radius 3 is 2.30 bits per heavy atom. The molecular weight excluding hydrogens is 246 g/mol. The summed E-state index contributed by atoms with van der Waals surface area (Å²) in [5.74, 6) is 0.614. The Labute approximate surface area is 123 Å².